The standard InChI is InChI=1S/C14H26N4O/c15-10-13(9-14(19)16-11-1-2-11)18-7-5-17(6-8-18)12-3-4-12/h11-13H,1-10,15H2,(H,16,19). The summed E-state index contributed by atoms with van der Waals surface area (Å²) in [6.45, 7) is 5.00. The maximum absolute atomic E-state index is 11.9. The Bertz CT molecular complexity index is 319. The molecular weight excluding hydrogens is 240 g/mol. The number of nitrogens with one attached hydrogen (secondary N) is 1. The number of piperazine rings is 1. The van der Waals surface area contributed by atoms with Gasteiger partial charge in [-0.05, 0) is 25.7 Å². The Labute approximate surface area is 115 Å². The molecule has 5 nitrogen and oxygen atoms in total. The van der Waals surface area contributed by atoms with Crippen LogP contribution in [0.15, 0.2) is 0 Å². The molecule has 1 unspecified atom stereocenters. The molecule has 108 valence electrons. The fourth-order valence-corrected chi connectivity index (χ4v) is 3.00. The molecule has 3 aliphatic rings. The lowest BCUT2D eigenvalue weighted by Crippen LogP contribution is -2.53. The van der Waals surface area contributed by atoms with Gasteiger partial charge in [-0.3, -0.25) is 14.6 Å². The van der Waals surface area contributed by atoms with Gasteiger partial charge in [0.05, 0.1) is 0 Å². The maximum Gasteiger partial charge on any atom is 0.221 e. The van der Waals surface area contributed by atoms with Crippen LogP contribution in [0.3, 0.4) is 0 Å². The first-order valence-corrected chi connectivity index (χ1v) is 7.74. The molecule has 19 heavy (non-hydrogen) atoms. The van der Waals surface area contributed by atoms with Crippen molar-refractivity contribution in [2.75, 3.05) is 32.7 Å². The normalized spacial score (nSPS) is 27.2. The summed E-state index contributed by atoms with van der Waals surface area (Å²) in [6, 6.07) is 1.54. The van der Waals surface area contributed by atoms with Crippen molar-refractivity contribution in [1.82, 2.24) is 15.1 Å². The van der Waals surface area contributed by atoms with Crippen LogP contribution < -0.4 is 11.1 Å². The van der Waals surface area contributed by atoms with Gasteiger partial charge in [0.15, 0.2) is 0 Å². The Morgan fingerprint density at radius 3 is 2.37 bits per heavy atom. The summed E-state index contributed by atoms with van der Waals surface area (Å²) >= 11 is 0. The van der Waals surface area contributed by atoms with E-state index in [4.69, 9.17) is 5.73 Å². The summed E-state index contributed by atoms with van der Waals surface area (Å²) in [5.74, 6) is 0.183. The second-order valence-electron chi connectivity index (χ2n) is 6.24. The van der Waals surface area contributed by atoms with Crippen molar-refractivity contribution >= 4 is 5.91 Å². The summed E-state index contributed by atoms with van der Waals surface area (Å²) in [7, 11) is 0. The van der Waals surface area contributed by atoms with E-state index in [0.29, 0.717) is 19.0 Å². The van der Waals surface area contributed by atoms with Gasteiger partial charge in [0.2, 0.25) is 5.91 Å². The lowest BCUT2D eigenvalue weighted by molar-refractivity contribution is -0.122. The summed E-state index contributed by atoms with van der Waals surface area (Å²) in [5.41, 5.74) is 5.87. The van der Waals surface area contributed by atoms with Gasteiger partial charge >= 0.3 is 0 Å². The molecule has 1 atom stereocenters. The van der Waals surface area contributed by atoms with E-state index in [-0.39, 0.29) is 11.9 Å². The molecule has 1 saturated heterocycles. The third kappa shape index (κ3) is 3.68. The predicted octanol–water partition coefficient (Wildman–Crippen LogP) is -0.238. The molecule has 2 aliphatic carbocycles. The average molecular weight is 266 g/mol. The lowest BCUT2D eigenvalue weighted by Gasteiger charge is -2.38. The van der Waals surface area contributed by atoms with E-state index >= 15 is 0 Å². The van der Waals surface area contributed by atoms with Gasteiger partial charge in [-0.1, -0.05) is 0 Å². The van der Waals surface area contributed by atoms with Gasteiger partial charge in [-0.2, -0.15) is 0 Å². The number of nitrogens with two attached hydrogens (primary N) is 1. The summed E-state index contributed by atoms with van der Waals surface area (Å²) < 4.78 is 0. The summed E-state index contributed by atoms with van der Waals surface area (Å²) in [6.07, 6.45) is 5.63. The third-order valence-corrected chi connectivity index (χ3v) is 4.56. The first-order chi connectivity index (χ1) is 9.26. The van der Waals surface area contributed by atoms with Crippen molar-refractivity contribution in [2.24, 2.45) is 5.73 Å². The van der Waals surface area contributed by atoms with E-state index in [2.05, 4.69) is 15.1 Å². The number of hydrogen-bond acceptors (Lipinski definition) is 4. The first kappa shape index (κ1) is 13.3. The Balaban J connectivity index is 1.43. The van der Waals surface area contributed by atoms with Gasteiger partial charge < -0.3 is 11.1 Å². The van der Waals surface area contributed by atoms with E-state index in [0.717, 1.165) is 45.1 Å². The van der Waals surface area contributed by atoms with Gasteiger partial charge in [0.1, 0.15) is 0 Å². The molecule has 2 saturated carbocycles. The molecule has 1 heterocycles. The van der Waals surface area contributed by atoms with Crippen molar-refractivity contribution < 1.29 is 4.79 Å². The van der Waals surface area contributed by atoms with Crippen LogP contribution >= 0.6 is 0 Å². The van der Waals surface area contributed by atoms with E-state index < -0.39 is 0 Å². The Hall–Kier alpha value is -0.650. The number of carbonyl (C=O) groups excluding carboxylic acids is 1. The zero-order valence-electron chi connectivity index (χ0n) is 11.7. The van der Waals surface area contributed by atoms with Gasteiger partial charge in [-0.15, -0.1) is 0 Å². The molecule has 3 N–H and O–H groups in total. The van der Waals surface area contributed by atoms with Crippen molar-refractivity contribution in [2.45, 2.75) is 50.2 Å². The monoisotopic (exact) mass is 266 g/mol. The average Bonchev–Trinajstić information content (AvgIpc) is 3.28. The zero-order valence-corrected chi connectivity index (χ0v) is 11.7. The van der Waals surface area contributed by atoms with Crippen LogP contribution in [-0.4, -0.2) is 66.6 Å². The van der Waals surface area contributed by atoms with Crippen LogP contribution in [0, 0.1) is 0 Å². The number of carbonyl (C=O) groups is 1. The second kappa shape index (κ2) is 5.77. The molecule has 0 aromatic carbocycles. The van der Waals surface area contributed by atoms with Crippen LogP contribution in [0.4, 0.5) is 0 Å². The molecule has 1 amide bonds. The van der Waals surface area contributed by atoms with E-state index in [1.807, 2.05) is 0 Å². The third-order valence-electron chi connectivity index (χ3n) is 4.56. The van der Waals surface area contributed by atoms with Crippen LogP contribution in [0.1, 0.15) is 32.1 Å². The SMILES string of the molecule is NCC(CC(=O)NC1CC1)N1CCN(C2CC2)CC1. The molecule has 1 aliphatic heterocycles. The molecule has 5 heteroatoms. The van der Waals surface area contributed by atoms with Crippen molar-refractivity contribution in [3.63, 3.8) is 0 Å². The predicted molar refractivity (Wildman–Crippen MR) is 74.8 cm³/mol. The maximum atomic E-state index is 11.9. The molecular formula is C14H26N4O. The van der Waals surface area contributed by atoms with Crippen LogP contribution in [0.2, 0.25) is 0 Å². The van der Waals surface area contributed by atoms with E-state index in [9.17, 15) is 4.79 Å². The largest absolute Gasteiger partial charge is 0.353 e. The number of amides is 1. The molecule has 0 spiro atoms. The topological polar surface area (TPSA) is 61.6 Å². The molecule has 3 rings (SSSR count). The zero-order chi connectivity index (χ0) is 13.2. The quantitative estimate of drug-likeness (QED) is 0.697. The van der Waals surface area contributed by atoms with Crippen LogP contribution in [0.5, 0.6) is 0 Å². The van der Waals surface area contributed by atoms with Gasteiger partial charge in [-0.25, -0.2) is 0 Å². The van der Waals surface area contributed by atoms with Crippen LogP contribution in [-0.2, 0) is 4.79 Å². The lowest BCUT2D eigenvalue weighted by atomic mass is 10.1. The minimum Gasteiger partial charge on any atom is -0.353 e. The smallest absolute Gasteiger partial charge is 0.221 e. The van der Waals surface area contributed by atoms with E-state index in [1.165, 1.54) is 12.8 Å². The number of nitrogens with zero attached hydrogens (tertiary/aromatic N) is 2. The van der Waals surface area contributed by atoms with Crippen LogP contribution in [0.25, 0.3) is 0 Å². The second-order valence-corrected chi connectivity index (χ2v) is 6.24. The Morgan fingerprint density at radius 1 is 1.16 bits per heavy atom. The Kier molecular flexibility index (Phi) is 4.05. The summed E-state index contributed by atoms with van der Waals surface area (Å²) in [5, 5.41) is 3.06. The molecule has 0 bridgehead atoms. The summed E-state index contributed by atoms with van der Waals surface area (Å²) in [4.78, 5) is 16.9. The number of rotatable bonds is 6. The number of hydrogen-bond donors (Lipinski definition) is 2. The Morgan fingerprint density at radius 2 is 1.84 bits per heavy atom. The van der Waals surface area contributed by atoms with Crippen molar-refractivity contribution in [3.05, 3.63) is 0 Å². The van der Waals surface area contributed by atoms with Gasteiger partial charge in [0, 0.05) is 57.3 Å². The fourth-order valence-electron chi connectivity index (χ4n) is 3.00. The highest BCUT2D eigenvalue weighted by molar-refractivity contribution is 5.77. The minimum absolute atomic E-state index is 0.183. The molecule has 3 fully saturated rings. The minimum atomic E-state index is 0.183. The van der Waals surface area contributed by atoms with Gasteiger partial charge in [0.25, 0.3) is 0 Å². The molecule has 0 aromatic rings. The molecule has 0 aromatic heterocycles. The highest BCUT2D eigenvalue weighted by atomic mass is 16.1. The highest BCUT2D eigenvalue weighted by Crippen LogP contribution is 2.27. The van der Waals surface area contributed by atoms with Crippen molar-refractivity contribution in [1.29, 1.82) is 0 Å². The molecule has 0 radical (unpaired) electrons. The van der Waals surface area contributed by atoms with E-state index in [1.54, 1.807) is 0 Å². The fraction of sp³-hybridized carbons (Fsp3) is 0.929. The van der Waals surface area contributed by atoms with Crippen molar-refractivity contribution in [3.8, 4) is 0 Å². The first-order valence-electron chi connectivity index (χ1n) is 7.74. The highest BCUT2D eigenvalue weighted by Gasteiger charge is 2.33.